The van der Waals surface area contributed by atoms with E-state index in [0.717, 1.165) is 34.4 Å². The number of hydrogen-bond acceptors (Lipinski definition) is 3. The summed E-state index contributed by atoms with van der Waals surface area (Å²) >= 11 is 0. The van der Waals surface area contributed by atoms with E-state index in [2.05, 4.69) is 9.88 Å². The summed E-state index contributed by atoms with van der Waals surface area (Å²) in [5.41, 5.74) is 3.22. The molecule has 1 saturated carbocycles. The molecule has 1 N–H and O–H groups in total. The van der Waals surface area contributed by atoms with E-state index in [1.54, 1.807) is 18.2 Å². The summed E-state index contributed by atoms with van der Waals surface area (Å²) in [5, 5.41) is 2.28. The zero-order chi connectivity index (χ0) is 19.8. The molecule has 0 bridgehead atoms. The Hall–Kier alpha value is -3.15. The van der Waals surface area contributed by atoms with Crippen LogP contribution in [0.1, 0.15) is 48.4 Å². The van der Waals surface area contributed by atoms with Gasteiger partial charge in [-0.05, 0) is 67.7 Å². The van der Waals surface area contributed by atoms with Crippen molar-refractivity contribution in [2.75, 3.05) is 4.90 Å². The van der Waals surface area contributed by atoms with Gasteiger partial charge in [0.1, 0.15) is 5.57 Å². The van der Waals surface area contributed by atoms with E-state index in [-0.39, 0.29) is 5.57 Å². The van der Waals surface area contributed by atoms with Crippen LogP contribution >= 0.6 is 0 Å². The molecule has 0 unspecified atom stereocenters. The number of anilines is 1. The van der Waals surface area contributed by atoms with Crippen LogP contribution in [0.25, 0.3) is 6.08 Å². The number of imide groups is 2. The molecular weight excluding hydrogens is 354 g/mol. The third-order valence-corrected chi connectivity index (χ3v) is 5.64. The van der Waals surface area contributed by atoms with Crippen molar-refractivity contribution in [2.45, 2.75) is 45.6 Å². The number of rotatable bonds is 3. The highest BCUT2D eigenvalue weighted by Gasteiger charge is 2.37. The van der Waals surface area contributed by atoms with Gasteiger partial charge in [0.2, 0.25) is 0 Å². The molecule has 1 saturated heterocycles. The SMILES string of the molecule is Cc1ccc(N2C(=O)NC(=O)/C(=C/c3ccn(C4CCCC4)c3)C2=O)cc1C. The number of nitrogens with one attached hydrogen (secondary N) is 1. The predicted octanol–water partition coefficient (Wildman–Crippen LogP) is 3.89. The topological polar surface area (TPSA) is 71.4 Å². The van der Waals surface area contributed by atoms with E-state index >= 15 is 0 Å². The Bertz CT molecular complexity index is 996. The number of carbonyl (C=O) groups is 3. The van der Waals surface area contributed by atoms with Gasteiger partial charge in [0.25, 0.3) is 11.8 Å². The second kappa shape index (κ2) is 7.11. The second-order valence-electron chi connectivity index (χ2n) is 7.56. The lowest BCUT2D eigenvalue weighted by Gasteiger charge is -2.26. The minimum atomic E-state index is -0.723. The van der Waals surface area contributed by atoms with E-state index < -0.39 is 17.8 Å². The van der Waals surface area contributed by atoms with Gasteiger partial charge in [-0.25, -0.2) is 9.69 Å². The Balaban J connectivity index is 1.65. The Labute approximate surface area is 163 Å². The molecule has 6 nitrogen and oxygen atoms in total. The lowest BCUT2D eigenvalue weighted by atomic mass is 10.1. The fourth-order valence-electron chi connectivity index (χ4n) is 3.87. The van der Waals surface area contributed by atoms with Crippen LogP contribution in [0, 0.1) is 13.8 Å². The van der Waals surface area contributed by atoms with Crippen LogP contribution in [0.5, 0.6) is 0 Å². The fraction of sp³-hybridized carbons (Fsp3) is 0.318. The standard InChI is InChI=1S/C22H23N3O3/c1-14-7-8-18(11-15(14)2)25-21(27)19(20(26)23-22(25)28)12-16-9-10-24(13-16)17-5-3-4-6-17/h7-13,17H,3-6H2,1-2H3,(H,23,26,28)/b19-12-. The van der Waals surface area contributed by atoms with Crippen molar-refractivity contribution in [3.8, 4) is 0 Å². The summed E-state index contributed by atoms with van der Waals surface area (Å²) in [6.45, 7) is 3.87. The van der Waals surface area contributed by atoms with Crippen LogP contribution in [-0.2, 0) is 9.59 Å². The quantitative estimate of drug-likeness (QED) is 0.652. The summed E-state index contributed by atoms with van der Waals surface area (Å²) in [5.74, 6) is -1.27. The number of amides is 4. The van der Waals surface area contributed by atoms with E-state index in [0.29, 0.717) is 11.7 Å². The highest BCUT2D eigenvalue weighted by atomic mass is 16.2. The van der Waals surface area contributed by atoms with Crippen LogP contribution < -0.4 is 10.2 Å². The Morgan fingerprint density at radius 2 is 1.79 bits per heavy atom. The fourth-order valence-corrected chi connectivity index (χ4v) is 3.87. The second-order valence-corrected chi connectivity index (χ2v) is 7.56. The van der Waals surface area contributed by atoms with Crippen LogP contribution in [-0.4, -0.2) is 22.4 Å². The van der Waals surface area contributed by atoms with Crippen molar-refractivity contribution >= 4 is 29.6 Å². The maximum atomic E-state index is 13.0. The lowest BCUT2D eigenvalue weighted by molar-refractivity contribution is -0.122. The molecule has 4 rings (SSSR count). The molecule has 28 heavy (non-hydrogen) atoms. The van der Waals surface area contributed by atoms with Crippen LogP contribution in [0.15, 0.2) is 42.2 Å². The summed E-state index contributed by atoms with van der Waals surface area (Å²) in [6, 6.07) is 6.99. The van der Waals surface area contributed by atoms with Gasteiger partial charge in [-0.1, -0.05) is 18.9 Å². The molecule has 0 atom stereocenters. The van der Waals surface area contributed by atoms with Gasteiger partial charge in [-0.3, -0.25) is 14.9 Å². The van der Waals surface area contributed by atoms with Crippen LogP contribution in [0.3, 0.4) is 0 Å². The maximum absolute atomic E-state index is 13.0. The van der Waals surface area contributed by atoms with Crippen LogP contribution in [0.4, 0.5) is 10.5 Å². The van der Waals surface area contributed by atoms with Gasteiger partial charge in [0.15, 0.2) is 0 Å². The van der Waals surface area contributed by atoms with E-state index in [9.17, 15) is 14.4 Å². The van der Waals surface area contributed by atoms with Crippen molar-refractivity contribution in [2.24, 2.45) is 0 Å². The molecule has 2 aromatic rings. The molecule has 0 radical (unpaired) electrons. The predicted molar refractivity (Wildman–Crippen MR) is 107 cm³/mol. The van der Waals surface area contributed by atoms with Crippen molar-refractivity contribution in [3.05, 3.63) is 58.9 Å². The normalized spacial score (nSPS) is 19.6. The van der Waals surface area contributed by atoms with Crippen molar-refractivity contribution in [1.82, 2.24) is 9.88 Å². The molecule has 1 aromatic heterocycles. The number of aryl methyl sites for hydroxylation is 2. The molecule has 2 fully saturated rings. The molecule has 1 aliphatic heterocycles. The smallest absolute Gasteiger partial charge is 0.335 e. The zero-order valence-corrected chi connectivity index (χ0v) is 16.1. The summed E-state index contributed by atoms with van der Waals surface area (Å²) in [6.07, 6.45) is 10.3. The van der Waals surface area contributed by atoms with E-state index in [1.807, 2.05) is 38.4 Å². The van der Waals surface area contributed by atoms with Crippen LogP contribution in [0.2, 0.25) is 0 Å². The number of nitrogens with zero attached hydrogens (tertiary/aromatic N) is 2. The first-order chi connectivity index (χ1) is 13.4. The first-order valence-electron chi connectivity index (χ1n) is 9.60. The molecule has 1 aromatic carbocycles. The van der Waals surface area contributed by atoms with Gasteiger partial charge >= 0.3 is 6.03 Å². The third kappa shape index (κ3) is 3.26. The van der Waals surface area contributed by atoms with Gasteiger partial charge < -0.3 is 4.57 Å². The van der Waals surface area contributed by atoms with Crippen molar-refractivity contribution < 1.29 is 14.4 Å². The van der Waals surface area contributed by atoms with Crippen molar-refractivity contribution in [3.63, 3.8) is 0 Å². The molecule has 1 aliphatic carbocycles. The largest absolute Gasteiger partial charge is 0.351 e. The highest BCUT2D eigenvalue weighted by Crippen LogP contribution is 2.30. The summed E-state index contributed by atoms with van der Waals surface area (Å²) in [7, 11) is 0. The number of urea groups is 1. The van der Waals surface area contributed by atoms with Crippen molar-refractivity contribution in [1.29, 1.82) is 0 Å². The average Bonchev–Trinajstić information content (AvgIpc) is 3.33. The highest BCUT2D eigenvalue weighted by molar-refractivity contribution is 6.39. The van der Waals surface area contributed by atoms with Gasteiger partial charge in [-0.15, -0.1) is 0 Å². The number of hydrogen-bond donors (Lipinski definition) is 1. The number of benzene rings is 1. The summed E-state index contributed by atoms with van der Waals surface area (Å²) < 4.78 is 2.15. The van der Waals surface area contributed by atoms with Gasteiger partial charge in [0, 0.05) is 18.4 Å². The number of aromatic nitrogens is 1. The number of carbonyl (C=O) groups excluding carboxylic acids is 3. The summed E-state index contributed by atoms with van der Waals surface area (Å²) in [4.78, 5) is 38.7. The van der Waals surface area contributed by atoms with Gasteiger partial charge in [0.05, 0.1) is 5.69 Å². The lowest BCUT2D eigenvalue weighted by Crippen LogP contribution is -2.54. The molecular formula is C22H23N3O3. The minimum absolute atomic E-state index is 0.0398. The number of barbiturate groups is 1. The zero-order valence-electron chi connectivity index (χ0n) is 16.1. The molecule has 2 aliphatic rings. The molecule has 0 spiro atoms. The molecule has 6 heteroatoms. The molecule has 4 amide bonds. The third-order valence-electron chi connectivity index (χ3n) is 5.64. The Kier molecular flexibility index (Phi) is 4.63. The Morgan fingerprint density at radius 1 is 1.04 bits per heavy atom. The first kappa shape index (κ1) is 18.2. The first-order valence-corrected chi connectivity index (χ1v) is 9.60. The minimum Gasteiger partial charge on any atom is -0.351 e. The maximum Gasteiger partial charge on any atom is 0.335 e. The van der Waals surface area contributed by atoms with E-state index in [1.165, 1.54) is 12.8 Å². The van der Waals surface area contributed by atoms with Gasteiger partial charge in [-0.2, -0.15) is 0 Å². The monoisotopic (exact) mass is 377 g/mol. The average molecular weight is 377 g/mol. The Morgan fingerprint density at radius 3 is 2.50 bits per heavy atom. The molecule has 2 heterocycles. The molecule has 144 valence electrons. The van der Waals surface area contributed by atoms with E-state index in [4.69, 9.17) is 0 Å².